The number of nitrogens with one attached hydrogen (secondary N) is 2. The molecule has 1 fully saturated rings. The molecule has 0 radical (unpaired) electrons. The fraction of sp³-hybridized carbons (Fsp3) is 0.250. The molecule has 1 atom stereocenters. The number of halogens is 1. The van der Waals surface area contributed by atoms with Crippen LogP contribution in [0.1, 0.15) is 36.0 Å². The Morgan fingerprint density at radius 1 is 1.10 bits per heavy atom. The molecule has 1 saturated heterocycles. The van der Waals surface area contributed by atoms with E-state index in [9.17, 15) is 9.18 Å². The number of carbonyl (C=O) groups excluding carboxylic acids is 1. The lowest BCUT2D eigenvalue weighted by molar-refractivity contribution is -0.119. The fourth-order valence-electron chi connectivity index (χ4n) is 5.28. The van der Waals surface area contributed by atoms with Crippen molar-refractivity contribution in [3.8, 4) is 0 Å². The first-order chi connectivity index (χ1) is 18.9. The van der Waals surface area contributed by atoms with Crippen LogP contribution in [-0.2, 0) is 4.79 Å². The lowest BCUT2D eigenvalue weighted by Crippen LogP contribution is -2.59. The van der Waals surface area contributed by atoms with E-state index in [-0.39, 0.29) is 12.0 Å². The second kappa shape index (κ2) is 9.82. The maximum absolute atomic E-state index is 13.0. The highest BCUT2D eigenvalue weighted by Gasteiger charge is 2.31. The Morgan fingerprint density at radius 3 is 2.64 bits per heavy atom. The van der Waals surface area contributed by atoms with Crippen molar-refractivity contribution in [1.29, 1.82) is 0 Å². The van der Waals surface area contributed by atoms with Gasteiger partial charge in [-0.05, 0) is 60.4 Å². The third kappa shape index (κ3) is 4.56. The first-order valence-electron chi connectivity index (χ1n) is 12.8. The van der Waals surface area contributed by atoms with Crippen molar-refractivity contribution < 1.29 is 9.18 Å². The highest BCUT2D eigenvalue weighted by molar-refractivity contribution is 5.91. The van der Waals surface area contributed by atoms with Gasteiger partial charge in [-0.1, -0.05) is 19.6 Å². The van der Waals surface area contributed by atoms with Crippen molar-refractivity contribution in [3.05, 3.63) is 90.5 Å². The van der Waals surface area contributed by atoms with Crippen LogP contribution in [0.15, 0.2) is 73.9 Å². The molecule has 0 saturated carbocycles. The van der Waals surface area contributed by atoms with Crippen LogP contribution >= 0.6 is 0 Å². The number of hydrogen-bond acceptors (Lipinski definition) is 7. The quantitative estimate of drug-likeness (QED) is 0.293. The zero-order valence-electron chi connectivity index (χ0n) is 21.7. The zero-order valence-corrected chi connectivity index (χ0v) is 21.7. The number of hydrogen-bond donors (Lipinski definition) is 2. The molecule has 6 rings (SSSR count). The van der Waals surface area contributed by atoms with Gasteiger partial charge in [-0.3, -0.25) is 4.79 Å². The summed E-state index contributed by atoms with van der Waals surface area (Å²) in [5.74, 6) is -0.842. The van der Waals surface area contributed by atoms with Crippen LogP contribution in [-0.4, -0.2) is 54.2 Å². The summed E-state index contributed by atoms with van der Waals surface area (Å²) >= 11 is 0. The summed E-state index contributed by atoms with van der Waals surface area (Å²) in [6.07, 6.45) is 7.86. The largest absolute Gasteiger partial charge is 0.365 e. The average Bonchev–Trinajstić information content (AvgIpc) is 3.55. The summed E-state index contributed by atoms with van der Waals surface area (Å²) < 4.78 is 16.6. The van der Waals surface area contributed by atoms with E-state index >= 15 is 0 Å². The Morgan fingerprint density at radius 2 is 1.87 bits per heavy atom. The van der Waals surface area contributed by atoms with Gasteiger partial charge in [0.25, 0.3) is 5.91 Å². The highest BCUT2D eigenvalue weighted by Crippen LogP contribution is 2.35. The van der Waals surface area contributed by atoms with Crippen molar-refractivity contribution in [3.63, 3.8) is 0 Å². The monoisotopic (exact) mass is 525 g/mol. The molecule has 11 heteroatoms. The van der Waals surface area contributed by atoms with Crippen LogP contribution in [0.25, 0.3) is 11.2 Å². The standard InChI is InChI=1S/C28H28FN9O/c1-4-22(19-7-9-37-25(12-19)30-15-32-37)23-6-5-20(11-17(23)2)34-27-26-24(8-10-38(26)33-16-31-27)36-13-21(14-36)35-28(39)18(3)29/h5-12,15-16,21-22H,3-4,13-14H2,1-2H3,(H,35,39)(H,31,33,34). The van der Waals surface area contributed by atoms with Crippen LogP contribution in [0.4, 0.5) is 21.6 Å². The molecule has 10 nitrogen and oxygen atoms in total. The molecule has 39 heavy (non-hydrogen) atoms. The number of aryl methyl sites for hydroxylation is 1. The van der Waals surface area contributed by atoms with Crippen LogP contribution in [0.2, 0.25) is 0 Å². The minimum atomic E-state index is -0.981. The molecule has 1 aromatic carbocycles. The number of nitrogens with zero attached hydrogens (tertiary/aromatic N) is 7. The predicted molar refractivity (Wildman–Crippen MR) is 147 cm³/mol. The second-order valence-corrected chi connectivity index (χ2v) is 9.76. The Hall–Kier alpha value is -4.80. The van der Waals surface area contributed by atoms with E-state index < -0.39 is 11.7 Å². The van der Waals surface area contributed by atoms with Gasteiger partial charge in [0.05, 0.1) is 11.7 Å². The van der Waals surface area contributed by atoms with E-state index in [1.807, 2.05) is 18.5 Å². The molecule has 2 N–H and O–H groups in total. The van der Waals surface area contributed by atoms with Gasteiger partial charge < -0.3 is 15.5 Å². The van der Waals surface area contributed by atoms with Crippen molar-refractivity contribution in [2.45, 2.75) is 32.2 Å². The minimum absolute atomic E-state index is 0.145. The summed E-state index contributed by atoms with van der Waals surface area (Å²) in [4.78, 5) is 22.6. The van der Waals surface area contributed by atoms with Gasteiger partial charge >= 0.3 is 0 Å². The first-order valence-corrected chi connectivity index (χ1v) is 12.8. The number of benzene rings is 1. The number of rotatable bonds is 8. The van der Waals surface area contributed by atoms with E-state index in [4.69, 9.17) is 0 Å². The predicted octanol–water partition coefficient (Wildman–Crippen LogP) is 4.15. The normalized spacial score (nSPS) is 14.4. The molecule has 1 aliphatic heterocycles. The summed E-state index contributed by atoms with van der Waals surface area (Å²) in [5.41, 5.74) is 7.15. The van der Waals surface area contributed by atoms with Gasteiger partial charge in [0.2, 0.25) is 0 Å². The SMILES string of the molecule is C=C(F)C(=O)NC1CN(c2ccn3ncnc(Nc4ccc(C(CC)c5ccn6ncnc6c5)c(C)c4)c23)C1. The summed E-state index contributed by atoms with van der Waals surface area (Å²) in [7, 11) is 0. The molecule has 0 bridgehead atoms. The molecule has 1 amide bonds. The Bertz CT molecular complexity index is 1700. The van der Waals surface area contributed by atoms with Crippen LogP contribution < -0.4 is 15.5 Å². The zero-order chi connectivity index (χ0) is 27.1. The summed E-state index contributed by atoms with van der Waals surface area (Å²) in [6, 6.07) is 12.4. The van der Waals surface area contributed by atoms with Gasteiger partial charge in [-0.25, -0.2) is 23.4 Å². The van der Waals surface area contributed by atoms with E-state index in [0.717, 1.165) is 29.0 Å². The molecule has 5 aromatic rings. The molecule has 1 unspecified atom stereocenters. The Balaban J connectivity index is 1.23. The fourth-order valence-corrected chi connectivity index (χ4v) is 5.28. The van der Waals surface area contributed by atoms with E-state index in [2.05, 4.69) is 86.5 Å². The maximum atomic E-state index is 13.0. The topological polar surface area (TPSA) is 105 Å². The van der Waals surface area contributed by atoms with E-state index in [1.165, 1.54) is 23.0 Å². The van der Waals surface area contributed by atoms with Crippen LogP contribution in [0.3, 0.4) is 0 Å². The molecule has 0 aliphatic carbocycles. The number of fused-ring (bicyclic) bond motifs is 2. The number of pyridine rings is 1. The molecular formula is C28H28FN9O. The average molecular weight is 526 g/mol. The molecule has 198 valence electrons. The number of aromatic nitrogens is 6. The second-order valence-electron chi connectivity index (χ2n) is 9.76. The molecule has 4 aromatic heterocycles. The maximum Gasteiger partial charge on any atom is 0.279 e. The van der Waals surface area contributed by atoms with Crippen LogP contribution in [0, 0.1) is 6.92 Å². The van der Waals surface area contributed by atoms with E-state index in [1.54, 1.807) is 15.4 Å². The van der Waals surface area contributed by atoms with Gasteiger partial charge in [-0.2, -0.15) is 10.2 Å². The molecular weight excluding hydrogens is 497 g/mol. The number of anilines is 3. The van der Waals surface area contributed by atoms with Gasteiger partial charge in [-0.15, -0.1) is 0 Å². The van der Waals surface area contributed by atoms with Crippen molar-refractivity contribution >= 4 is 34.3 Å². The van der Waals surface area contributed by atoms with Crippen molar-refractivity contribution in [2.75, 3.05) is 23.3 Å². The summed E-state index contributed by atoms with van der Waals surface area (Å²) in [5, 5.41) is 14.7. The van der Waals surface area contributed by atoms with Crippen LogP contribution in [0.5, 0.6) is 0 Å². The molecule has 0 spiro atoms. The minimum Gasteiger partial charge on any atom is -0.365 e. The lowest BCUT2D eigenvalue weighted by Gasteiger charge is -2.40. The third-order valence-electron chi connectivity index (χ3n) is 7.26. The van der Waals surface area contributed by atoms with Crippen molar-refractivity contribution in [2.24, 2.45) is 0 Å². The van der Waals surface area contributed by atoms with Gasteiger partial charge in [0.15, 0.2) is 17.3 Å². The van der Waals surface area contributed by atoms with E-state index in [0.29, 0.717) is 18.9 Å². The number of amides is 1. The lowest BCUT2D eigenvalue weighted by atomic mass is 9.87. The van der Waals surface area contributed by atoms with Crippen molar-refractivity contribution in [1.82, 2.24) is 34.5 Å². The van der Waals surface area contributed by atoms with Gasteiger partial charge in [0.1, 0.15) is 18.2 Å². The highest BCUT2D eigenvalue weighted by atomic mass is 19.1. The van der Waals surface area contributed by atoms with Gasteiger partial charge in [0, 0.05) is 37.1 Å². The molecule has 1 aliphatic rings. The smallest absolute Gasteiger partial charge is 0.279 e. The number of carbonyl (C=O) groups is 1. The third-order valence-corrected chi connectivity index (χ3v) is 7.26. The first kappa shape index (κ1) is 24.5. The Kier molecular flexibility index (Phi) is 6.18. The summed E-state index contributed by atoms with van der Waals surface area (Å²) in [6.45, 7) is 8.48. The molecule has 5 heterocycles. The Labute approximate surface area is 224 Å².